The molecule has 2 rings (SSSR count). The van der Waals surface area contributed by atoms with Crippen LogP contribution in [0.2, 0.25) is 0 Å². The van der Waals surface area contributed by atoms with Crippen LogP contribution >= 0.6 is 0 Å². The number of nitrogens with zero attached hydrogens (tertiary/aromatic N) is 1. The van der Waals surface area contributed by atoms with Gasteiger partial charge in [0.1, 0.15) is 0 Å². The van der Waals surface area contributed by atoms with Crippen molar-refractivity contribution >= 4 is 10.8 Å². The van der Waals surface area contributed by atoms with Gasteiger partial charge in [-0.3, -0.25) is 4.98 Å². The van der Waals surface area contributed by atoms with Crippen LogP contribution in [0.5, 0.6) is 0 Å². The molecule has 0 radical (unpaired) electrons. The lowest BCUT2D eigenvalue weighted by molar-refractivity contribution is 0.484. The van der Waals surface area contributed by atoms with Crippen LogP contribution in [0.25, 0.3) is 10.8 Å². The van der Waals surface area contributed by atoms with Gasteiger partial charge in [-0.05, 0) is 43.3 Å². The molecule has 0 saturated carbocycles. The minimum absolute atomic E-state index is 0.632. The average Bonchev–Trinajstić information content (AvgIpc) is 2.43. The predicted molar refractivity (Wildman–Crippen MR) is 77.8 cm³/mol. The monoisotopic (exact) mass is 242 g/mol. The molecule has 1 aromatic heterocycles. The second kappa shape index (κ2) is 6.50. The number of rotatable bonds is 6. The number of hydrogen-bond acceptors (Lipinski definition) is 2. The summed E-state index contributed by atoms with van der Waals surface area (Å²) in [5.74, 6) is 0. The molecule has 0 saturated heterocycles. The Morgan fingerprint density at radius 1 is 1.22 bits per heavy atom. The summed E-state index contributed by atoms with van der Waals surface area (Å²) in [4.78, 5) is 4.18. The molecule has 0 aliphatic heterocycles. The van der Waals surface area contributed by atoms with Gasteiger partial charge < -0.3 is 5.32 Å². The van der Waals surface area contributed by atoms with E-state index in [-0.39, 0.29) is 0 Å². The molecule has 1 heterocycles. The summed E-state index contributed by atoms with van der Waals surface area (Å²) in [6.45, 7) is 2.24. The van der Waals surface area contributed by atoms with E-state index in [1.807, 2.05) is 12.4 Å². The highest BCUT2D eigenvalue weighted by Gasteiger charge is 2.06. The normalized spacial score (nSPS) is 12.8. The summed E-state index contributed by atoms with van der Waals surface area (Å²) in [5, 5.41) is 6.00. The zero-order valence-electron chi connectivity index (χ0n) is 11.3. The second-order valence-corrected chi connectivity index (χ2v) is 4.83. The summed E-state index contributed by atoms with van der Waals surface area (Å²) < 4.78 is 0. The summed E-state index contributed by atoms with van der Waals surface area (Å²) in [5.41, 5.74) is 1.44. The molecule has 2 nitrogen and oxygen atoms in total. The van der Waals surface area contributed by atoms with Gasteiger partial charge in [-0.1, -0.05) is 31.5 Å². The van der Waals surface area contributed by atoms with Gasteiger partial charge in [0.05, 0.1) is 0 Å². The molecule has 1 atom stereocenters. The van der Waals surface area contributed by atoms with Crippen molar-refractivity contribution in [1.82, 2.24) is 10.3 Å². The third-order valence-corrected chi connectivity index (χ3v) is 3.58. The first-order valence-corrected chi connectivity index (χ1v) is 6.84. The SMILES string of the molecule is CCCC(CCc1cccc2cnccc12)NC. The third-order valence-electron chi connectivity index (χ3n) is 3.58. The minimum Gasteiger partial charge on any atom is -0.317 e. The quantitative estimate of drug-likeness (QED) is 0.838. The van der Waals surface area contributed by atoms with Crippen molar-refractivity contribution in [2.75, 3.05) is 7.05 Å². The lowest BCUT2D eigenvalue weighted by Crippen LogP contribution is -2.25. The van der Waals surface area contributed by atoms with E-state index in [0.717, 1.165) is 6.42 Å². The van der Waals surface area contributed by atoms with E-state index >= 15 is 0 Å². The van der Waals surface area contributed by atoms with Crippen LogP contribution in [0.3, 0.4) is 0 Å². The van der Waals surface area contributed by atoms with Gasteiger partial charge in [-0.15, -0.1) is 0 Å². The first-order chi connectivity index (χ1) is 8.85. The molecule has 1 aromatic carbocycles. The Hall–Kier alpha value is -1.41. The minimum atomic E-state index is 0.632. The molecule has 18 heavy (non-hydrogen) atoms. The standard InChI is InChI=1S/C16H22N2/c1-3-5-15(17-2)9-8-13-6-4-7-14-12-18-11-10-16(13)14/h4,6-7,10-12,15,17H,3,5,8-9H2,1-2H3. The summed E-state index contributed by atoms with van der Waals surface area (Å²) in [6.07, 6.45) is 8.65. The molecule has 0 spiro atoms. The van der Waals surface area contributed by atoms with Crippen molar-refractivity contribution in [2.45, 2.75) is 38.6 Å². The average molecular weight is 242 g/mol. The van der Waals surface area contributed by atoms with Gasteiger partial charge in [0.25, 0.3) is 0 Å². The number of nitrogens with one attached hydrogen (secondary N) is 1. The maximum absolute atomic E-state index is 4.18. The Bertz CT molecular complexity index is 488. The molecule has 0 aliphatic carbocycles. The topological polar surface area (TPSA) is 24.9 Å². The molecule has 0 amide bonds. The van der Waals surface area contributed by atoms with E-state index in [4.69, 9.17) is 0 Å². The lowest BCUT2D eigenvalue weighted by Gasteiger charge is -2.15. The zero-order valence-corrected chi connectivity index (χ0v) is 11.3. The zero-order chi connectivity index (χ0) is 12.8. The smallest absolute Gasteiger partial charge is 0.0346 e. The molecule has 96 valence electrons. The van der Waals surface area contributed by atoms with E-state index in [2.05, 4.69) is 48.5 Å². The molecule has 1 unspecified atom stereocenters. The lowest BCUT2D eigenvalue weighted by atomic mass is 9.98. The van der Waals surface area contributed by atoms with Crippen molar-refractivity contribution in [2.24, 2.45) is 0 Å². The first-order valence-electron chi connectivity index (χ1n) is 6.84. The Balaban J connectivity index is 2.11. The Morgan fingerprint density at radius 2 is 2.11 bits per heavy atom. The van der Waals surface area contributed by atoms with Crippen molar-refractivity contribution in [3.05, 3.63) is 42.2 Å². The largest absolute Gasteiger partial charge is 0.317 e. The third kappa shape index (κ3) is 3.08. The fourth-order valence-electron chi connectivity index (χ4n) is 2.52. The van der Waals surface area contributed by atoms with E-state index in [1.165, 1.54) is 35.6 Å². The van der Waals surface area contributed by atoms with Crippen LogP contribution in [-0.4, -0.2) is 18.1 Å². The fraction of sp³-hybridized carbons (Fsp3) is 0.438. The second-order valence-electron chi connectivity index (χ2n) is 4.83. The number of pyridine rings is 1. The van der Waals surface area contributed by atoms with E-state index < -0.39 is 0 Å². The summed E-state index contributed by atoms with van der Waals surface area (Å²) in [6, 6.07) is 9.26. The highest BCUT2D eigenvalue weighted by atomic mass is 14.9. The van der Waals surface area contributed by atoms with Crippen molar-refractivity contribution < 1.29 is 0 Å². The summed E-state index contributed by atoms with van der Waals surface area (Å²) in [7, 11) is 2.06. The van der Waals surface area contributed by atoms with Crippen LogP contribution in [0, 0.1) is 0 Å². The predicted octanol–water partition coefficient (Wildman–Crippen LogP) is 3.56. The van der Waals surface area contributed by atoms with Gasteiger partial charge in [0.2, 0.25) is 0 Å². The Morgan fingerprint density at radius 3 is 2.89 bits per heavy atom. The molecule has 1 N–H and O–H groups in total. The number of hydrogen-bond donors (Lipinski definition) is 1. The van der Waals surface area contributed by atoms with Gasteiger partial charge in [-0.25, -0.2) is 0 Å². The molecule has 2 aromatic rings. The van der Waals surface area contributed by atoms with Gasteiger partial charge in [0.15, 0.2) is 0 Å². The molecule has 0 fully saturated rings. The molecular weight excluding hydrogens is 220 g/mol. The van der Waals surface area contributed by atoms with Gasteiger partial charge in [-0.2, -0.15) is 0 Å². The Kier molecular flexibility index (Phi) is 4.71. The van der Waals surface area contributed by atoms with Crippen molar-refractivity contribution in [3.8, 4) is 0 Å². The maximum atomic E-state index is 4.18. The highest BCUT2D eigenvalue weighted by Crippen LogP contribution is 2.19. The van der Waals surface area contributed by atoms with Crippen molar-refractivity contribution in [3.63, 3.8) is 0 Å². The van der Waals surface area contributed by atoms with Crippen LogP contribution in [0.4, 0.5) is 0 Å². The van der Waals surface area contributed by atoms with E-state index in [1.54, 1.807) is 0 Å². The van der Waals surface area contributed by atoms with E-state index in [0.29, 0.717) is 6.04 Å². The molecular formula is C16H22N2. The van der Waals surface area contributed by atoms with Gasteiger partial charge >= 0.3 is 0 Å². The van der Waals surface area contributed by atoms with Crippen LogP contribution < -0.4 is 5.32 Å². The van der Waals surface area contributed by atoms with E-state index in [9.17, 15) is 0 Å². The fourth-order valence-corrected chi connectivity index (χ4v) is 2.52. The molecule has 0 bridgehead atoms. The molecule has 2 heteroatoms. The number of aromatic nitrogens is 1. The van der Waals surface area contributed by atoms with Gasteiger partial charge in [0, 0.05) is 23.8 Å². The summed E-state index contributed by atoms with van der Waals surface area (Å²) >= 11 is 0. The highest BCUT2D eigenvalue weighted by molar-refractivity contribution is 5.84. The van der Waals surface area contributed by atoms with Crippen LogP contribution in [0.15, 0.2) is 36.7 Å². The van der Waals surface area contributed by atoms with Crippen LogP contribution in [-0.2, 0) is 6.42 Å². The molecule has 0 aliphatic rings. The Labute approximate surface area is 109 Å². The van der Waals surface area contributed by atoms with Crippen LogP contribution in [0.1, 0.15) is 31.7 Å². The maximum Gasteiger partial charge on any atom is 0.0346 e. The number of fused-ring (bicyclic) bond motifs is 1. The number of benzene rings is 1. The number of aryl methyl sites for hydroxylation is 1. The first kappa shape index (κ1) is 13.0. The van der Waals surface area contributed by atoms with Crippen molar-refractivity contribution in [1.29, 1.82) is 0 Å².